The van der Waals surface area contributed by atoms with E-state index in [1.807, 2.05) is 18.2 Å². The third-order valence-electron chi connectivity index (χ3n) is 5.51. The number of fused-ring (bicyclic) bond motifs is 1. The molecule has 0 fully saturated rings. The molecule has 0 radical (unpaired) electrons. The van der Waals surface area contributed by atoms with Crippen LogP contribution >= 0.6 is 23.2 Å². The van der Waals surface area contributed by atoms with E-state index >= 15 is 0 Å². The molecule has 3 aromatic carbocycles. The zero-order valence-electron chi connectivity index (χ0n) is 18.7. The third kappa shape index (κ3) is 5.02. The lowest BCUT2D eigenvalue weighted by Crippen LogP contribution is -2.07. The fraction of sp³-hybridized carbons (Fsp3) is 0.0714. The summed E-state index contributed by atoms with van der Waals surface area (Å²) in [6.45, 7) is 2.11. The molecule has 0 saturated carbocycles. The Morgan fingerprint density at radius 2 is 1.83 bits per heavy atom. The van der Waals surface area contributed by atoms with Crippen molar-refractivity contribution in [2.24, 2.45) is 0 Å². The summed E-state index contributed by atoms with van der Waals surface area (Å²) in [6, 6.07) is 22.3. The molecule has 35 heavy (non-hydrogen) atoms. The van der Waals surface area contributed by atoms with Crippen molar-refractivity contribution < 1.29 is 13.6 Å². The molecular formula is C28H20Cl2N2O3. The Bertz CT molecular complexity index is 1550. The number of amides is 1. The van der Waals surface area contributed by atoms with Gasteiger partial charge < -0.3 is 14.2 Å². The Hall–Kier alpha value is -3.80. The maximum atomic E-state index is 12.5. The van der Waals surface area contributed by atoms with Gasteiger partial charge in [0.2, 0.25) is 11.8 Å². The van der Waals surface area contributed by atoms with Gasteiger partial charge in [-0.1, -0.05) is 48.3 Å². The average Bonchev–Trinajstić information content (AvgIpc) is 3.51. The first-order valence-corrected chi connectivity index (χ1v) is 11.8. The van der Waals surface area contributed by atoms with Crippen LogP contribution in [0.4, 0.5) is 5.69 Å². The van der Waals surface area contributed by atoms with Crippen LogP contribution in [-0.2, 0) is 11.2 Å². The van der Waals surface area contributed by atoms with Crippen LogP contribution in [0.5, 0.6) is 0 Å². The zero-order chi connectivity index (χ0) is 24.4. The maximum absolute atomic E-state index is 12.5. The van der Waals surface area contributed by atoms with E-state index in [4.69, 9.17) is 32.0 Å². The minimum Gasteiger partial charge on any atom is -0.457 e. The molecule has 0 aliphatic rings. The molecule has 5 nitrogen and oxygen atoms in total. The predicted octanol–water partition coefficient (Wildman–Crippen LogP) is 8.28. The monoisotopic (exact) mass is 502 g/mol. The van der Waals surface area contributed by atoms with Crippen LogP contribution in [0.3, 0.4) is 0 Å². The number of nitrogens with one attached hydrogen (secondary N) is 1. The van der Waals surface area contributed by atoms with E-state index in [0.29, 0.717) is 49.8 Å². The van der Waals surface area contributed by atoms with E-state index in [-0.39, 0.29) is 5.91 Å². The summed E-state index contributed by atoms with van der Waals surface area (Å²) >= 11 is 12.3. The van der Waals surface area contributed by atoms with Crippen LogP contribution in [0, 0.1) is 0 Å². The van der Waals surface area contributed by atoms with E-state index in [2.05, 4.69) is 29.4 Å². The molecule has 0 saturated heterocycles. The van der Waals surface area contributed by atoms with Crippen molar-refractivity contribution >= 4 is 52.0 Å². The number of carbonyl (C=O) groups excluding carboxylic acids is 1. The molecule has 0 bridgehead atoms. The smallest absolute Gasteiger partial charge is 0.248 e. The molecule has 1 N–H and O–H groups in total. The lowest BCUT2D eigenvalue weighted by molar-refractivity contribution is -0.111. The number of nitrogens with zero attached hydrogens (tertiary/aromatic N) is 1. The number of carbonyl (C=O) groups is 1. The van der Waals surface area contributed by atoms with Gasteiger partial charge in [0.25, 0.3) is 0 Å². The van der Waals surface area contributed by atoms with E-state index < -0.39 is 0 Å². The third-order valence-corrected chi connectivity index (χ3v) is 6.33. The van der Waals surface area contributed by atoms with E-state index in [9.17, 15) is 4.79 Å². The van der Waals surface area contributed by atoms with Crippen LogP contribution in [0.1, 0.15) is 18.2 Å². The fourth-order valence-corrected chi connectivity index (χ4v) is 4.03. The van der Waals surface area contributed by atoms with Crippen molar-refractivity contribution in [2.75, 3.05) is 5.32 Å². The summed E-state index contributed by atoms with van der Waals surface area (Å²) in [7, 11) is 0. The number of oxazole rings is 1. The Kier molecular flexibility index (Phi) is 6.45. The molecule has 2 aromatic heterocycles. The van der Waals surface area contributed by atoms with Crippen molar-refractivity contribution in [1.82, 2.24) is 4.98 Å². The van der Waals surface area contributed by atoms with Gasteiger partial charge in [0, 0.05) is 22.9 Å². The lowest BCUT2D eigenvalue weighted by atomic mass is 10.1. The minimum absolute atomic E-state index is 0.304. The zero-order valence-corrected chi connectivity index (χ0v) is 20.2. The average molecular weight is 503 g/mol. The summed E-state index contributed by atoms with van der Waals surface area (Å²) in [5.74, 6) is 1.31. The second-order valence-corrected chi connectivity index (χ2v) is 8.66. The highest BCUT2D eigenvalue weighted by molar-refractivity contribution is 6.43. The molecular weight excluding hydrogens is 483 g/mol. The topological polar surface area (TPSA) is 68.3 Å². The second kappa shape index (κ2) is 9.82. The van der Waals surface area contributed by atoms with Crippen molar-refractivity contribution in [3.8, 4) is 22.8 Å². The predicted molar refractivity (Wildman–Crippen MR) is 141 cm³/mol. The number of hydrogen-bond donors (Lipinski definition) is 1. The molecule has 174 valence electrons. The van der Waals surface area contributed by atoms with Gasteiger partial charge in [-0.3, -0.25) is 4.79 Å². The Balaban J connectivity index is 1.28. The minimum atomic E-state index is -0.304. The molecule has 0 unspecified atom stereocenters. The Morgan fingerprint density at radius 1 is 1.00 bits per heavy atom. The molecule has 5 rings (SSSR count). The summed E-state index contributed by atoms with van der Waals surface area (Å²) in [4.78, 5) is 17.0. The first kappa shape index (κ1) is 23.0. The fourth-order valence-electron chi connectivity index (χ4n) is 3.63. The molecule has 5 aromatic rings. The van der Waals surface area contributed by atoms with Crippen LogP contribution in [-0.4, -0.2) is 10.9 Å². The number of aromatic nitrogens is 1. The summed E-state index contributed by atoms with van der Waals surface area (Å²) < 4.78 is 11.7. The standard InChI is InChI=1S/C28H20Cl2N2O3/c1-2-17-6-8-18(9-7-17)28-32-23-16-19(10-13-25(23)35-28)31-26(33)15-12-20-11-14-24(34-20)21-4-3-5-22(29)27(21)30/h3-16H,2H2,1H3,(H,31,33). The first-order chi connectivity index (χ1) is 17.0. The van der Waals surface area contributed by atoms with Gasteiger partial charge in [0.05, 0.1) is 10.0 Å². The number of benzene rings is 3. The molecule has 7 heteroatoms. The van der Waals surface area contributed by atoms with Gasteiger partial charge in [-0.25, -0.2) is 4.98 Å². The highest BCUT2D eigenvalue weighted by Crippen LogP contribution is 2.34. The van der Waals surface area contributed by atoms with Gasteiger partial charge in [-0.15, -0.1) is 0 Å². The van der Waals surface area contributed by atoms with Crippen LogP contribution in [0.2, 0.25) is 10.0 Å². The number of furan rings is 1. The summed E-state index contributed by atoms with van der Waals surface area (Å²) in [5, 5.41) is 3.70. The molecule has 0 atom stereocenters. The summed E-state index contributed by atoms with van der Waals surface area (Å²) in [6.07, 6.45) is 3.96. The molecule has 1 amide bonds. The van der Waals surface area contributed by atoms with Crippen molar-refractivity contribution in [2.45, 2.75) is 13.3 Å². The van der Waals surface area contributed by atoms with Crippen molar-refractivity contribution in [3.63, 3.8) is 0 Å². The van der Waals surface area contributed by atoms with Gasteiger partial charge >= 0.3 is 0 Å². The normalized spacial score (nSPS) is 11.4. The van der Waals surface area contributed by atoms with Crippen LogP contribution in [0.25, 0.3) is 40.0 Å². The number of rotatable bonds is 6. The highest BCUT2D eigenvalue weighted by Gasteiger charge is 2.11. The Morgan fingerprint density at radius 3 is 2.63 bits per heavy atom. The largest absolute Gasteiger partial charge is 0.457 e. The van der Waals surface area contributed by atoms with Gasteiger partial charge in [-0.2, -0.15) is 0 Å². The Labute approximate surface area is 212 Å². The van der Waals surface area contributed by atoms with Gasteiger partial charge in [-0.05, 0) is 72.7 Å². The molecule has 2 heterocycles. The SMILES string of the molecule is CCc1ccc(-c2nc3cc(NC(=O)C=Cc4ccc(-c5cccc(Cl)c5Cl)o4)ccc3o2)cc1. The number of aryl methyl sites for hydroxylation is 1. The number of hydrogen-bond acceptors (Lipinski definition) is 4. The maximum Gasteiger partial charge on any atom is 0.248 e. The van der Waals surface area contributed by atoms with E-state index in [0.717, 1.165) is 12.0 Å². The van der Waals surface area contributed by atoms with Crippen molar-refractivity contribution in [1.29, 1.82) is 0 Å². The number of anilines is 1. The number of halogens is 2. The van der Waals surface area contributed by atoms with Gasteiger partial charge in [0.1, 0.15) is 17.0 Å². The van der Waals surface area contributed by atoms with E-state index in [1.54, 1.807) is 48.5 Å². The van der Waals surface area contributed by atoms with Gasteiger partial charge in [0.15, 0.2) is 5.58 Å². The van der Waals surface area contributed by atoms with E-state index in [1.165, 1.54) is 11.6 Å². The quantitative estimate of drug-likeness (QED) is 0.237. The molecule has 0 aliphatic carbocycles. The molecule has 0 aliphatic heterocycles. The van der Waals surface area contributed by atoms with Crippen molar-refractivity contribution in [3.05, 3.63) is 100 Å². The first-order valence-electron chi connectivity index (χ1n) is 11.0. The lowest BCUT2D eigenvalue weighted by Gasteiger charge is -2.02. The summed E-state index contributed by atoms with van der Waals surface area (Å²) in [5.41, 5.74) is 4.76. The highest BCUT2D eigenvalue weighted by atomic mass is 35.5. The second-order valence-electron chi connectivity index (χ2n) is 7.88. The molecule has 0 spiro atoms. The van der Waals surface area contributed by atoms with Crippen LogP contribution in [0.15, 0.2) is 87.7 Å². The van der Waals surface area contributed by atoms with Crippen LogP contribution < -0.4 is 5.32 Å².